The first kappa shape index (κ1) is 14.8. The Labute approximate surface area is 133 Å². The van der Waals surface area contributed by atoms with Crippen molar-refractivity contribution in [2.75, 3.05) is 5.32 Å². The molecule has 0 bridgehead atoms. The summed E-state index contributed by atoms with van der Waals surface area (Å²) in [6.07, 6.45) is -0.766. The number of aromatic nitrogens is 1. The predicted molar refractivity (Wildman–Crippen MR) is 85.1 cm³/mol. The quantitative estimate of drug-likeness (QED) is 0.890. The van der Waals surface area contributed by atoms with Crippen LogP contribution in [0.25, 0.3) is 0 Å². The number of nitrogens with one attached hydrogen (secondary N) is 1. The number of aryl methyl sites for hydroxylation is 1. The second-order valence-corrected chi connectivity index (χ2v) is 6.79. The van der Waals surface area contributed by atoms with Crippen molar-refractivity contribution in [2.24, 2.45) is 0 Å². The molecule has 0 saturated carbocycles. The first-order valence-corrected chi connectivity index (χ1v) is 7.88. The third-order valence-electron chi connectivity index (χ3n) is 3.77. The highest BCUT2D eigenvalue weighted by atomic mass is 32.1. The minimum atomic E-state index is -0.766. The molecule has 2 N–H and O–H groups in total. The normalized spacial score (nSPS) is 22.3. The monoisotopic (exact) mass is 315 g/mol. The van der Waals surface area contributed by atoms with Gasteiger partial charge in [-0.15, -0.1) is 11.3 Å². The van der Waals surface area contributed by atoms with Crippen molar-refractivity contribution < 1.29 is 9.84 Å². The number of aliphatic hydroxyl groups is 1. The van der Waals surface area contributed by atoms with Gasteiger partial charge in [-0.2, -0.15) is 5.26 Å². The topological polar surface area (TPSA) is 78.2 Å². The summed E-state index contributed by atoms with van der Waals surface area (Å²) in [5, 5.41) is 25.8. The summed E-state index contributed by atoms with van der Waals surface area (Å²) >= 11 is 1.49. The molecule has 0 radical (unpaired) electrons. The van der Waals surface area contributed by atoms with E-state index in [0.717, 1.165) is 16.4 Å². The number of nitrogens with zero attached hydrogens (tertiary/aromatic N) is 2. The number of thiazole rings is 1. The number of benzene rings is 1. The molecule has 1 aromatic heterocycles. The van der Waals surface area contributed by atoms with Gasteiger partial charge in [0.15, 0.2) is 5.13 Å². The van der Waals surface area contributed by atoms with E-state index >= 15 is 0 Å². The van der Waals surface area contributed by atoms with Crippen LogP contribution in [0.4, 0.5) is 5.13 Å². The fourth-order valence-electron chi connectivity index (χ4n) is 2.58. The number of anilines is 1. The number of aliphatic hydroxyl groups excluding tert-OH is 1. The Balaban J connectivity index is 2.04. The van der Waals surface area contributed by atoms with Crippen molar-refractivity contribution in [1.82, 2.24) is 4.98 Å². The molecule has 0 amide bonds. The molecule has 1 aliphatic heterocycles. The third-order valence-corrected chi connectivity index (χ3v) is 4.66. The van der Waals surface area contributed by atoms with E-state index in [0.29, 0.717) is 11.3 Å². The maximum absolute atomic E-state index is 10.7. The Morgan fingerprint density at radius 2 is 2.23 bits per heavy atom. The largest absolute Gasteiger partial charge is 0.485 e. The predicted octanol–water partition coefficient (Wildman–Crippen LogP) is 3.01. The van der Waals surface area contributed by atoms with E-state index < -0.39 is 11.7 Å². The summed E-state index contributed by atoms with van der Waals surface area (Å²) in [6.45, 7) is 5.62. The van der Waals surface area contributed by atoms with E-state index in [1.807, 2.05) is 26.2 Å². The van der Waals surface area contributed by atoms with Gasteiger partial charge in [-0.1, -0.05) is 0 Å². The molecule has 5 nitrogen and oxygen atoms in total. The Morgan fingerprint density at radius 3 is 2.86 bits per heavy atom. The van der Waals surface area contributed by atoms with Crippen molar-refractivity contribution >= 4 is 16.5 Å². The number of nitriles is 1. The van der Waals surface area contributed by atoms with E-state index in [9.17, 15) is 5.11 Å². The molecule has 6 heteroatoms. The van der Waals surface area contributed by atoms with Crippen molar-refractivity contribution in [1.29, 1.82) is 5.26 Å². The lowest BCUT2D eigenvalue weighted by molar-refractivity contribution is -0.0532. The lowest BCUT2D eigenvalue weighted by atomic mass is 9.86. The molecule has 1 aromatic carbocycles. The molecule has 0 spiro atoms. The molecule has 2 atom stereocenters. The van der Waals surface area contributed by atoms with E-state index in [-0.39, 0.29) is 6.04 Å². The smallest absolute Gasteiger partial charge is 0.183 e. The summed E-state index contributed by atoms with van der Waals surface area (Å²) in [5.41, 5.74) is 1.51. The number of ether oxygens (including phenoxy) is 1. The van der Waals surface area contributed by atoms with Gasteiger partial charge >= 0.3 is 0 Å². The number of rotatable bonds is 2. The number of hydrogen-bond acceptors (Lipinski definition) is 6. The summed E-state index contributed by atoms with van der Waals surface area (Å²) in [7, 11) is 0. The molecule has 0 fully saturated rings. The van der Waals surface area contributed by atoms with Gasteiger partial charge < -0.3 is 15.2 Å². The van der Waals surface area contributed by atoms with E-state index in [1.54, 1.807) is 18.2 Å². The number of fused-ring (bicyclic) bond motifs is 1. The van der Waals surface area contributed by atoms with E-state index in [4.69, 9.17) is 10.00 Å². The molecule has 1 aliphatic rings. The van der Waals surface area contributed by atoms with Gasteiger partial charge in [0.2, 0.25) is 0 Å². The Hall–Kier alpha value is -2.10. The minimum absolute atomic E-state index is 0.377. The highest BCUT2D eigenvalue weighted by Crippen LogP contribution is 2.42. The Morgan fingerprint density at radius 1 is 1.45 bits per heavy atom. The summed E-state index contributed by atoms with van der Waals surface area (Å²) in [5.74, 6) is 0.681. The van der Waals surface area contributed by atoms with Crippen LogP contribution in [-0.2, 0) is 0 Å². The van der Waals surface area contributed by atoms with Crippen LogP contribution in [0.3, 0.4) is 0 Å². The average molecular weight is 315 g/mol. The van der Waals surface area contributed by atoms with Gasteiger partial charge in [0.05, 0.1) is 23.4 Å². The molecule has 0 saturated heterocycles. The van der Waals surface area contributed by atoms with Gasteiger partial charge in [0, 0.05) is 10.9 Å². The molecule has 1 unspecified atom stereocenters. The molecular formula is C16H17N3O2S. The molecule has 0 aliphatic carbocycles. The SMILES string of the molecule is Cc1csc(NC2c3cc(C#N)ccc3OC(C)(C)[C@@H]2O)n1. The van der Waals surface area contributed by atoms with Crippen molar-refractivity contribution in [3.8, 4) is 11.8 Å². The summed E-state index contributed by atoms with van der Waals surface area (Å²) in [6, 6.07) is 7.00. The van der Waals surface area contributed by atoms with Crippen molar-refractivity contribution in [3.63, 3.8) is 0 Å². The fourth-order valence-corrected chi connectivity index (χ4v) is 3.31. The van der Waals surface area contributed by atoms with Gasteiger partial charge in [0.1, 0.15) is 17.5 Å². The van der Waals surface area contributed by atoms with E-state index in [1.165, 1.54) is 11.3 Å². The van der Waals surface area contributed by atoms with Crippen LogP contribution in [0.15, 0.2) is 23.6 Å². The summed E-state index contributed by atoms with van der Waals surface area (Å²) in [4.78, 5) is 4.39. The molecule has 2 aromatic rings. The van der Waals surface area contributed by atoms with Gasteiger partial charge in [-0.25, -0.2) is 4.98 Å². The first-order valence-electron chi connectivity index (χ1n) is 7.00. The van der Waals surface area contributed by atoms with Crippen LogP contribution in [0.5, 0.6) is 5.75 Å². The second kappa shape index (κ2) is 5.27. The Bertz CT molecular complexity index is 748. The molecule has 22 heavy (non-hydrogen) atoms. The van der Waals surface area contributed by atoms with E-state index in [2.05, 4.69) is 16.4 Å². The lowest BCUT2D eigenvalue weighted by Crippen LogP contribution is -2.50. The van der Waals surface area contributed by atoms with Crippen molar-refractivity contribution in [2.45, 2.75) is 38.5 Å². The van der Waals surface area contributed by atoms with Crippen LogP contribution >= 0.6 is 11.3 Å². The average Bonchev–Trinajstić information content (AvgIpc) is 2.88. The zero-order chi connectivity index (χ0) is 15.9. The van der Waals surface area contributed by atoms with Crippen molar-refractivity contribution in [3.05, 3.63) is 40.4 Å². The van der Waals surface area contributed by atoms with Gasteiger partial charge in [-0.3, -0.25) is 0 Å². The zero-order valence-corrected chi connectivity index (χ0v) is 13.4. The molecule has 2 heterocycles. The summed E-state index contributed by atoms with van der Waals surface area (Å²) < 4.78 is 5.89. The minimum Gasteiger partial charge on any atom is -0.485 e. The highest BCUT2D eigenvalue weighted by Gasteiger charge is 2.43. The highest BCUT2D eigenvalue weighted by molar-refractivity contribution is 7.13. The molecule has 3 rings (SSSR count). The lowest BCUT2D eigenvalue weighted by Gasteiger charge is -2.42. The van der Waals surface area contributed by atoms with Gasteiger partial charge in [0.25, 0.3) is 0 Å². The van der Waals surface area contributed by atoms with Crippen LogP contribution in [-0.4, -0.2) is 21.8 Å². The van der Waals surface area contributed by atoms with Crippen LogP contribution < -0.4 is 10.1 Å². The van der Waals surface area contributed by atoms with Gasteiger partial charge in [-0.05, 0) is 39.0 Å². The van der Waals surface area contributed by atoms with Crippen LogP contribution in [0.2, 0.25) is 0 Å². The fraction of sp³-hybridized carbons (Fsp3) is 0.375. The molecular weight excluding hydrogens is 298 g/mol. The first-order chi connectivity index (χ1) is 10.4. The Kier molecular flexibility index (Phi) is 3.55. The second-order valence-electron chi connectivity index (χ2n) is 5.93. The number of hydrogen-bond donors (Lipinski definition) is 2. The maximum atomic E-state index is 10.7. The zero-order valence-electron chi connectivity index (χ0n) is 12.6. The molecule has 114 valence electrons. The maximum Gasteiger partial charge on any atom is 0.183 e. The van der Waals surface area contributed by atoms with Crippen LogP contribution in [0.1, 0.15) is 36.7 Å². The van der Waals surface area contributed by atoms with Crippen LogP contribution in [0, 0.1) is 18.3 Å². The standard InChI is InChI=1S/C16H17N3O2S/c1-9-8-22-15(18-9)19-13-11-6-10(7-17)4-5-12(11)21-16(2,3)14(13)20/h4-6,8,13-14,20H,1-3H3,(H,18,19)/t13?,14-/m1/s1. The third kappa shape index (κ3) is 2.54.